The molecule has 2 aromatic rings. The molecule has 0 amide bonds. The first kappa shape index (κ1) is 16.5. The van der Waals surface area contributed by atoms with Gasteiger partial charge in [0, 0.05) is 0 Å². The maximum atomic E-state index is 11.9. The molecule has 1 N–H and O–H groups in total. The van der Waals surface area contributed by atoms with Crippen LogP contribution in [0.4, 0.5) is 0 Å². The van der Waals surface area contributed by atoms with Gasteiger partial charge in [0.1, 0.15) is 9.96 Å². The molecular formula is C15H18N2O3S2. The molecule has 0 unspecified atom stereocenters. The second-order valence-electron chi connectivity index (χ2n) is 4.56. The minimum absolute atomic E-state index is 0.237. The van der Waals surface area contributed by atoms with Crippen molar-refractivity contribution < 1.29 is 13.2 Å². The van der Waals surface area contributed by atoms with Gasteiger partial charge < -0.3 is 4.74 Å². The lowest BCUT2D eigenvalue weighted by Crippen LogP contribution is -2.17. The number of unbranched alkanes of at least 4 members (excludes halogenated alkanes) is 1. The summed E-state index contributed by atoms with van der Waals surface area (Å²) in [5, 5.41) is 5.50. The maximum Gasteiger partial charge on any atom is 0.286 e. The summed E-state index contributed by atoms with van der Waals surface area (Å²) in [5.74, 6) is 0.749. The Labute approximate surface area is 134 Å². The van der Waals surface area contributed by atoms with Gasteiger partial charge in [0.2, 0.25) is 0 Å². The van der Waals surface area contributed by atoms with Crippen molar-refractivity contribution in [3.8, 4) is 5.75 Å². The van der Waals surface area contributed by atoms with Crippen molar-refractivity contribution in [3.05, 3.63) is 47.3 Å². The normalized spacial score (nSPS) is 11.7. The van der Waals surface area contributed by atoms with E-state index in [0.717, 1.165) is 35.5 Å². The van der Waals surface area contributed by atoms with Crippen molar-refractivity contribution in [2.75, 3.05) is 6.61 Å². The van der Waals surface area contributed by atoms with Crippen LogP contribution >= 0.6 is 11.3 Å². The Kier molecular flexibility index (Phi) is 5.97. The predicted octanol–water partition coefficient (Wildman–Crippen LogP) is 3.24. The molecule has 0 aliphatic heterocycles. The Morgan fingerprint density at radius 1 is 1.32 bits per heavy atom. The van der Waals surface area contributed by atoms with Gasteiger partial charge in [0.05, 0.1) is 12.8 Å². The number of nitrogens with zero attached hydrogens (tertiary/aromatic N) is 1. The zero-order chi connectivity index (χ0) is 15.8. The van der Waals surface area contributed by atoms with E-state index in [9.17, 15) is 8.42 Å². The van der Waals surface area contributed by atoms with E-state index in [4.69, 9.17) is 4.74 Å². The van der Waals surface area contributed by atoms with Crippen LogP contribution < -0.4 is 9.57 Å². The highest BCUT2D eigenvalue weighted by Crippen LogP contribution is 2.15. The largest absolute Gasteiger partial charge is 0.494 e. The van der Waals surface area contributed by atoms with Gasteiger partial charge >= 0.3 is 0 Å². The third-order valence-corrected chi connectivity index (χ3v) is 5.39. The SMILES string of the molecule is CCCCOc1cccc(/C=N/NS(=O)(=O)c2cccs2)c1. The van der Waals surface area contributed by atoms with Gasteiger partial charge in [0.15, 0.2) is 0 Å². The number of nitrogens with one attached hydrogen (secondary N) is 1. The van der Waals surface area contributed by atoms with E-state index in [1.54, 1.807) is 11.4 Å². The fourth-order valence-corrected chi connectivity index (χ4v) is 3.42. The summed E-state index contributed by atoms with van der Waals surface area (Å²) >= 11 is 1.15. The molecule has 0 fully saturated rings. The van der Waals surface area contributed by atoms with Gasteiger partial charge in [-0.25, -0.2) is 0 Å². The molecule has 0 saturated carbocycles. The van der Waals surface area contributed by atoms with Crippen molar-refractivity contribution in [2.45, 2.75) is 24.0 Å². The lowest BCUT2D eigenvalue weighted by molar-refractivity contribution is 0.309. The highest BCUT2D eigenvalue weighted by molar-refractivity contribution is 7.91. The van der Waals surface area contributed by atoms with Crippen LogP contribution in [0.3, 0.4) is 0 Å². The molecule has 0 spiro atoms. The van der Waals surface area contributed by atoms with Gasteiger partial charge in [0.25, 0.3) is 10.0 Å². The summed E-state index contributed by atoms with van der Waals surface area (Å²) in [5.41, 5.74) is 0.767. The van der Waals surface area contributed by atoms with Crippen molar-refractivity contribution in [2.24, 2.45) is 5.10 Å². The van der Waals surface area contributed by atoms with Crippen LogP contribution in [0.15, 0.2) is 51.1 Å². The molecule has 22 heavy (non-hydrogen) atoms. The number of rotatable bonds is 8. The molecule has 7 heteroatoms. The Morgan fingerprint density at radius 3 is 2.91 bits per heavy atom. The summed E-state index contributed by atoms with van der Waals surface area (Å²) < 4.78 is 29.6. The van der Waals surface area contributed by atoms with Crippen LogP contribution in [0.5, 0.6) is 5.75 Å². The van der Waals surface area contributed by atoms with Crippen molar-refractivity contribution in [3.63, 3.8) is 0 Å². The highest BCUT2D eigenvalue weighted by atomic mass is 32.2. The van der Waals surface area contributed by atoms with E-state index in [1.165, 1.54) is 12.3 Å². The summed E-state index contributed by atoms with van der Waals surface area (Å²) in [4.78, 5) is 2.19. The Hall–Kier alpha value is -1.86. The number of hydrogen-bond acceptors (Lipinski definition) is 5. The average Bonchev–Trinajstić information content (AvgIpc) is 3.03. The maximum absolute atomic E-state index is 11.9. The van der Waals surface area contributed by atoms with E-state index in [-0.39, 0.29) is 4.21 Å². The van der Waals surface area contributed by atoms with Gasteiger partial charge in [-0.05, 0) is 35.6 Å². The average molecular weight is 338 g/mol. The molecule has 0 aliphatic rings. The van der Waals surface area contributed by atoms with Gasteiger partial charge in [-0.3, -0.25) is 0 Å². The van der Waals surface area contributed by atoms with Crippen LogP contribution in [0.2, 0.25) is 0 Å². The Bertz CT molecular complexity index is 710. The monoisotopic (exact) mass is 338 g/mol. The lowest BCUT2D eigenvalue weighted by Gasteiger charge is -2.05. The summed E-state index contributed by atoms with van der Waals surface area (Å²) in [6.07, 6.45) is 3.53. The van der Waals surface area contributed by atoms with E-state index >= 15 is 0 Å². The first-order valence-corrected chi connectivity index (χ1v) is 9.29. The number of hydrogen-bond donors (Lipinski definition) is 1. The summed E-state index contributed by atoms with van der Waals surface area (Å²) in [6, 6.07) is 10.6. The number of benzene rings is 1. The zero-order valence-corrected chi connectivity index (χ0v) is 13.9. The van der Waals surface area contributed by atoms with Crippen molar-refractivity contribution >= 4 is 27.6 Å². The predicted molar refractivity (Wildman–Crippen MR) is 89.1 cm³/mol. The number of thiophene rings is 1. The fourth-order valence-electron chi connectivity index (χ4n) is 1.65. The van der Waals surface area contributed by atoms with Gasteiger partial charge in [-0.15, -0.1) is 11.3 Å². The first-order valence-electron chi connectivity index (χ1n) is 6.93. The summed E-state index contributed by atoms with van der Waals surface area (Å²) in [7, 11) is -3.58. The van der Waals surface area contributed by atoms with Gasteiger partial charge in [-0.2, -0.15) is 18.4 Å². The van der Waals surface area contributed by atoms with Crippen LogP contribution in [0.25, 0.3) is 0 Å². The minimum Gasteiger partial charge on any atom is -0.494 e. The van der Waals surface area contributed by atoms with E-state index in [1.807, 2.05) is 24.3 Å². The highest BCUT2D eigenvalue weighted by Gasteiger charge is 2.12. The standard InChI is InChI=1S/C15H18N2O3S2/c1-2-3-9-20-14-7-4-6-13(11-14)12-16-17-22(18,19)15-8-5-10-21-15/h4-8,10-12,17H,2-3,9H2,1H3/b16-12+. The van der Waals surface area contributed by atoms with E-state index in [0.29, 0.717) is 6.61 Å². The quantitative estimate of drug-likeness (QED) is 0.456. The topological polar surface area (TPSA) is 67.8 Å². The molecule has 0 aliphatic carbocycles. The van der Waals surface area contributed by atoms with E-state index < -0.39 is 10.0 Å². The molecule has 1 aromatic carbocycles. The van der Waals surface area contributed by atoms with Crippen LogP contribution in [0.1, 0.15) is 25.3 Å². The second-order valence-corrected chi connectivity index (χ2v) is 7.39. The van der Waals surface area contributed by atoms with Crippen LogP contribution in [-0.4, -0.2) is 21.2 Å². The number of ether oxygens (including phenoxy) is 1. The first-order chi connectivity index (χ1) is 10.6. The lowest BCUT2D eigenvalue weighted by atomic mass is 10.2. The van der Waals surface area contributed by atoms with Crippen molar-refractivity contribution in [1.82, 2.24) is 4.83 Å². The number of hydrazone groups is 1. The zero-order valence-electron chi connectivity index (χ0n) is 12.2. The third kappa shape index (κ3) is 4.85. The van der Waals surface area contributed by atoms with Crippen LogP contribution in [-0.2, 0) is 10.0 Å². The molecule has 1 heterocycles. The molecule has 0 radical (unpaired) electrons. The summed E-state index contributed by atoms with van der Waals surface area (Å²) in [6.45, 7) is 2.77. The molecular weight excluding hydrogens is 320 g/mol. The second kappa shape index (κ2) is 7.95. The van der Waals surface area contributed by atoms with Crippen LogP contribution in [0, 0.1) is 0 Å². The molecule has 0 saturated heterocycles. The Morgan fingerprint density at radius 2 is 2.18 bits per heavy atom. The minimum atomic E-state index is -3.58. The Balaban J connectivity index is 1.97. The van der Waals surface area contributed by atoms with Gasteiger partial charge in [-0.1, -0.05) is 31.5 Å². The number of sulfonamides is 1. The smallest absolute Gasteiger partial charge is 0.286 e. The molecule has 0 atom stereocenters. The van der Waals surface area contributed by atoms with Crippen molar-refractivity contribution in [1.29, 1.82) is 0 Å². The van der Waals surface area contributed by atoms with E-state index in [2.05, 4.69) is 16.9 Å². The molecule has 1 aromatic heterocycles. The fraction of sp³-hybridized carbons (Fsp3) is 0.267. The molecule has 118 valence electrons. The molecule has 2 rings (SSSR count). The molecule has 0 bridgehead atoms. The third-order valence-electron chi connectivity index (χ3n) is 2.77. The molecule has 5 nitrogen and oxygen atoms in total.